The Balaban J connectivity index is 1.85. The molecule has 25 heavy (non-hydrogen) atoms. The number of aryl methyl sites for hydroxylation is 1. The molecular weight excluding hydrogens is 318 g/mol. The van der Waals surface area contributed by atoms with Crippen molar-refractivity contribution in [2.75, 3.05) is 46.3 Å². The maximum absolute atomic E-state index is 13.2. The van der Waals surface area contributed by atoms with Crippen molar-refractivity contribution in [2.45, 2.75) is 6.92 Å². The topological polar surface area (TPSA) is 81.7 Å². The average molecular weight is 341 g/mol. The molecule has 1 fully saturated rings. The van der Waals surface area contributed by atoms with Crippen LogP contribution < -0.4 is 10.9 Å². The third-order valence-electron chi connectivity index (χ3n) is 4.87. The number of carbonyl (C=O) groups is 1. The summed E-state index contributed by atoms with van der Waals surface area (Å²) >= 11 is 0. The molecule has 1 aromatic carbocycles. The molecule has 132 valence electrons. The molecule has 0 saturated carbocycles. The van der Waals surface area contributed by atoms with Crippen LogP contribution in [0.5, 0.6) is 0 Å². The van der Waals surface area contributed by atoms with Crippen molar-refractivity contribution in [1.29, 1.82) is 5.41 Å². The summed E-state index contributed by atoms with van der Waals surface area (Å²) in [5.41, 5.74) is 2.78. The summed E-state index contributed by atoms with van der Waals surface area (Å²) < 4.78 is 3.24. The highest BCUT2D eigenvalue weighted by molar-refractivity contribution is 5.97. The van der Waals surface area contributed by atoms with E-state index in [9.17, 15) is 4.79 Å². The molecular formula is C17H23N7O. The number of carbonyl (C=O) groups excluding carboxylic acids is 1. The molecule has 0 unspecified atom stereocenters. The molecule has 4 rings (SSSR count). The summed E-state index contributed by atoms with van der Waals surface area (Å²) in [6.45, 7) is 6.51. The summed E-state index contributed by atoms with van der Waals surface area (Å²) in [5.74, 6) is 0.642. The van der Waals surface area contributed by atoms with Gasteiger partial charge in [-0.1, -0.05) is 6.07 Å². The van der Waals surface area contributed by atoms with Gasteiger partial charge in [-0.15, -0.1) is 0 Å². The van der Waals surface area contributed by atoms with Gasteiger partial charge in [-0.25, -0.2) is 13.9 Å². The lowest BCUT2D eigenvalue weighted by Gasteiger charge is -2.32. The van der Waals surface area contributed by atoms with Gasteiger partial charge in [0.15, 0.2) is 0 Å². The van der Waals surface area contributed by atoms with E-state index in [1.807, 2.05) is 30.0 Å². The Kier molecular flexibility index (Phi) is 3.84. The molecule has 0 bridgehead atoms. The van der Waals surface area contributed by atoms with Gasteiger partial charge in [0, 0.05) is 32.7 Å². The van der Waals surface area contributed by atoms with Crippen LogP contribution in [0.1, 0.15) is 5.56 Å². The predicted molar refractivity (Wildman–Crippen MR) is 96.1 cm³/mol. The average Bonchev–Trinajstić information content (AvgIpc) is 3.20. The highest BCUT2D eigenvalue weighted by atomic mass is 16.2. The monoisotopic (exact) mass is 341 g/mol. The number of aromatic nitrogens is 2. The van der Waals surface area contributed by atoms with Gasteiger partial charge in [0.2, 0.25) is 11.6 Å². The van der Waals surface area contributed by atoms with E-state index in [2.05, 4.69) is 22.3 Å². The van der Waals surface area contributed by atoms with Gasteiger partial charge in [0.1, 0.15) is 0 Å². The van der Waals surface area contributed by atoms with Crippen LogP contribution in [0.25, 0.3) is 11.0 Å². The molecule has 1 amide bonds. The van der Waals surface area contributed by atoms with Crippen molar-refractivity contribution in [3.63, 3.8) is 0 Å². The first-order chi connectivity index (χ1) is 12.1. The predicted octanol–water partition coefficient (Wildman–Crippen LogP) is 0.253. The first-order valence-corrected chi connectivity index (χ1v) is 8.61. The van der Waals surface area contributed by atoms with Crippen LogP contribution >= 0.6 is 0 Å². The quantitative estimate of drug-likeness (QED) is 0.721. The second kappa shape index (κ2) is 6.03. The zero-order valence-electron chi connectivity index (χ0n) is 14.6. The van der Waals surface area contributed by atoms with Crippen LogP contribution in [0.15, 0.2) is 23.2 Å². The van der Waals surface area contributed by atoms with Crippen LogP contribution in [-0.4, -0.2) is 77.2 Å². The summed E-state index contributed by atoms with van der Waals surface area (Å²) in [7, 11) is 2.06. The minimum Gasteiger partial charge on any atom is -0.354 e. The highest BCUT2D eigenvalue weighted by Crippen LogP contribution is 2.17. The molecule has 2 N–H and O–H groups in total. The number of hydrogen-bond acceptors (Lipinski definition) is 5. The smallest absolute Gasteiger partial charge is 0.331 e. The third kappa shape index (κ3) is 2.62. The van der Waals surface area contributed by atoms with Crippen LogP contribution in [0, 0.1) is 12.3 Å². The number of fused-ring (bicyclic) bond motifs is 1. The number of nitrogens with zero attached hydrogens (tertiary/aromatic N) is 5. The Morgan fingerprint density at radius 1 is 1.20 bits per heavy atom. The van der Waals surface area contributed by atoms with Crippen molar-refractivity contribution < 1.29 is 4.79 Å². The van der Waals surface area contributed by atoms with Gasteiger partial charge < -0.3 is 15.1 Å². The highest BCUT2D eigenvalue weighted by Gasteiger charge is 2.26. The fourth-order valence-electron chi connectivity index (χ4n) is 3.41. The number of amides is 1. The standard InChI is InChI=1S/C17H23N7O/c1-12-3-4-13-14(11-12)24(15(18)23(13)16-19-5-6-20-16)17(25)22-9-7-21(2)8-10-22/h3-4,11,18H,5-10H2,1-2H3,(H,19,20). The SMILES string of the molecule is Cc1ccc2c(c1)n(C(=O)N1CCN(C)CC1)c(=N)n2C1=NCCN1. The van der Waals surface area contributed by atoms with Gasteiger partial charge in [-0.2, -0.15) is 0 Å². The lowest BCUT2D eigenvalue weighted by molar-refractivity contribution is 0.155. The van der Waals surface area contributed by atoms with E-state index in [-0.39, 0.29) is 11.6 Å². The Morgan fingerprint density at radius 3 is 2.64 bits per heavy atom. The summed E-state index contributed by atoms with van der Waals surface area (Å²) in [6.07, 6.45) is 0. The number of aliphatic imine (C=N–C) groups is 1. The van der Waals surface area contributed by atoms with Crippen LogP contribution in [0.4, 0.5) is 4.79 Å². The van der Waals surface area contributed by atoms with Crippen LogP contribution in [-0.2, 0) is 0 Å². The van der Waals surface area contributed by atoms with Crippen molar-refractivity contribution in [3.8, 4) is 0 Å². The molecule has 1 saturated heterocycles. The summed E-state index contributed by atoms with van der Waals surface area (Å²) in [4.78, 5) is 21.6. The van der Waals surface area contributed by atoms with Gasteiger partial charge in [0.25, 0.3) is 0 Å². The van der Waals surface area contributed by atoms with E-state index in [1.54, 1.807) is 4.57 Å². The second-order valence-electron chi connectivity index (χ2n) is 6.69. The fraction of sp³-hybridized carbons (Fsp3) is 0.471. The number of nitrogens with one attached hydrogen (secondary N) is 2. The first-order valence-electron chi connectivity index (χ1n) is 8.61. The molecule has 2 aliphatic rings. The largest absolute Gasteiger partial charge is 0.354 e. The van der Waals surface area contributed by atoms with Crippen molar-refractivity contribution in [2.24, 2.45) is 4.99 Å². The van der Waals surface area contributed by atoms with Crippen LogP contribution in [0.2, 0.25) is 0 Å². The fourth-order valence-corrected chi connectivity index (χ4v) is 3.41. The van der Waals surface area contributed by atoms with Crippen LogP contribution in [0.3, 0.4) is 0 Å². The Hall–Kier alpha value is -2.61. The molecule has 2 aliphatic heterocycles. The maximum atomic E-state index is 13.2. The zero-order valence-corrected chi connectivity index (χ0v) is 14.6. The molecule has 8 nitrogen and oxygen atoms in total. The van der Waals surface area contributed by atoms with E-state index in [1.165, 1.54) is 4.57 Å². The first kappa shape index (κ1) is 15.9. The number of likely N-dealkylation sites (N-methyl/N-ethyl adjacent to an activating group) is 1. The van der Waals surface area contributed by atoms with Crippen molar-refractivity contribution in [3.05, 3.63) is 29.4 Å². The van der Waals surface area contributed by atoms with Crippen molar-refractivity contribution in [1.82, 2.24) is 24.3 Å². The molecule has 2 aromatic rings. The van der Waals surface area contributed by atoms with E-state index in [0.29, 0.717) is 25.6 Å². The summed E-state index contributed by atoms with van der Waals surface area (Å²) in [5, 5.41) is 11.9. The van der Waals surface area contributed by atoms with Gasteiger partial charge in [-0.3, -0.25) is 10.4 Å². The van der Waals surface area contributed by atoms with E-state index in [4.69, 9.17) is 5.41 Å². The molecule has 0 spiro atoms. The summed E-state index contributed by atoms with van der Waals surface area (Å²) in [6, 6.07) is 5.79. The zero-order chi connectivity index (χ0) is 17.6. The lowest BCUT2D eigenvalue weighted by Crippen LogP contribution is -2.50. The van der Waals surface area contributed by atoms with Gasteiger partial charge in [0.05, 0.1) is 17.6 Å². The molecule has 0 radical (unpaired) electrons. The second-order valence-corrected chi connectivity index (χ2v) is 6.69. The minimum absolute atomic E-state index is 0.133. The lowest BCUT2D eigenvalue weighted by atomic mass is 10.2. The number of piperazine rings is 1. The minimum atomic E-state index is -0.133. The Morgan fingerprint density at radius 2 is 1.96 bits per heavy atom. The number of rotatable bonds is 0. The molecule has 3 heterocycles. The van der Waals surface area contributed by atoms with Gasteiger partial charge in [-0.05, 0) is 31.7 Å². The molecule has 0 atom stereocenters. The van der Waals surface area contributed by atoms with E-state index in [0.717, 1.165) is 36.2 Å². The van der Waals surface area contributed by atoms with E-state index < -0.39 is 0 Å². The molecule has 1 aromatic heterocycles. The Labute approximate surface area is 145 Å². The number of benzene rings is 1. The van der Waals surface area contributed by atoms with Crippen molar-refractivity contribution >= 4 is 23.0 Å². The number of hydrogen-bond donors (Lipinski definition) is 2. The molecule has 0 aliphatic carbocycles. The van der Waals surface area contributed by atoms with Gasteiger partial charge >= 0.3 is 6.03 Å². The molecule has 8 heteroatoms. The maximum Gasteiger partial charge on any atom is 0.331 e. The normalized spacial score (nSPS) is 18.5. The Bertz CT molecular complexity index is 915. The third-order valence-corrected chi connectivity index (χ3v) is 4.87. The van der Waals surface area contributed by atoms with E-state index >= 15 is 0 Å². The number of imidazole rings is 1.